The van der Waals surface area contributed by atoms with Crippen LogP contribution in [0.2, 0.25) is 0 Å². The van der Waals surface area contributed by atoms with Crippen molar-refractivity contribution in [3.05, 3.63) is 5.73 Å². The van der Waals surface area contributed by atoms with Gasteiger partial charge in [0.05, 0.1) is 5.75 Å². The summed E-state index contributed by atoms with van der Waals surface area (Å²) in [6.45, 7) is 6.05. The predicted octanol–water partition coefficient (Wildman–Crippen LogP) is 2.25. The van der Waals surface area contributed by atoms with E-state index in [0.717, 1.165) is 12.8 Å². The average Bonchev–Trinajstić information content (AvgIpc) is 2.36. The zero-order valence-corrected chi connectivity index (χ0v) is 17.3. The third kappa shape index (κ3) is 29.5. The molecule has 0 aromatic rings. The summed E-state index contributed by atoms with van der Waals surface area (Å²) in [5, 5.41) is 0. The van der Waals surface area contributed by atoms with Crippen molar-refractivity contribution in [1.29, 1.82) is 0 Å². The molecular weight excluding hydrogens is 297 g/mol. The summed E-state index contributed by atoms with van der Waals surface area (Å²) >= 11 is 0. The molecular formula is C15H34NNaO3S. The largest absolute Gasteiger partial charge is 1.00 e. The van der Waals surface area contributed by atoms with E-state index in [1.807, 2.05) is 0 Å². The summed E-state index contributed by atoms with van der Waals surface area (Å²) in [5.41, 5.74) is 7.57. The number of hydrogen-bond acceptors (Lipinski definition) is 2. The first-order valence-corrected chi connectivity index (χ1v) is 9.64. The monoisotopic (exact) mass is 331 g/mol. The van der Waals surface area contributed by atoms with Crippen LogP contribution in [0.3, 0.4) is 0 Å². The van der Waals surface area contributed by atoms with E-state index in [-0.39, 0.29) is 41.4 Å². The Morgan fingerprint density at radius 3 is 1.71 bits per heavy atom. The minimum absolute atomic E-state index is 0. The molecule has 0 bridgehead atoms. The van der Waals surface area contributed by atoms with Gasteiger partial charge in [-0.2, -0.15) is 8.42 Å². The van der Waals surface area contributed by atoms with E-state index in [4.69, 9.17) is 10.3 Å². The van der Waals surface area contributed by atoms with Crippen molar-refractivity contribution in [2.75, 3.05) is 5.75 Å². The van der Waals surface area contributed by atoms with Gasteiger partial charge in [0.1, 0.15) is 0 Å². The molecule has 0 aliphatic heterocycles. The van der Waals surface area contributed by atoms with Crippen LogP contribution in [0.25, 0.3) is 5.73 Å². The Bertz CT molecular complexity index is 285. The third-order valence-corrected chi connectivity index (χ3v) is 4.04. The van der Waals surface area contributed by atoms with E-state index in [2.05, 4.69) is 13.8 Å². The minimum atomic E-state index is -3.67. The third-order valence-electron chi connectivity index (χ3n) is 3.11. The zero-order valence-electron chi connectivity index (χ0n) is 14.5. The Balaban J connectivity index is -0.000000347. The van der Waals surface area contributed by atoms with Crippen molar-refractivity contribution in [3.63, 3.8) is 0 Å². The van der Waals surface area contributed by atoms with Crippen LogP contribution in [0.4, 0.5) is 0 Å². The number of rotatable bonds is 11. The van der Waals surface area contributed by atoms with E-state index in [1.165, 1.54) is 44.9 Å². The van der Waals surface area contributed by atoms with Gasteiger partial charge in [0.25, 0.3) is 10.1 Å². The molecule has 21 heavy (non-hydrogen) atoms. The standard InChI is InChI=1S/C12H26N.C3H8O3S.Na/c1-3-5-6-7-8-9-10-11-12(13)4-2;1-2-3-7(4,5)6;/h12-13H,3-11H2,1-2H3;2-3H2,1H3,(H,4,5,6);/q-1;;+1. The molecule has 0 spiro atoms. The van der Waals surface area contributed by atoms with Crippen LogP contribution < -0.4 is 29.6 Å². The molecule has 4 nitrogen and oxygen atoms in total. The number of unbranched alkanes of at least 4 members (excludes halogenated alkanes) is 6. The molecule has 2 N–H and O–H groups in total. The van der Waals surface area contributed by atoms with Gasteiger partial charge in [-0.25, -0.2) is 0 Å². The maximum Gasteiger partial charge on any atom is 1.00 e. The topological polar surface area (TPSA) is 78.2 Å². The smallest absolute Gasteiger partial charge is 0.675 e. The second kappa shape index (κ2) is 18.9. The van der Waals surface area contributed by atoms with Crippen LogP contribution in [0.15, 0.2) is 0 Å². The van der Waals surface area contributed by atoms with Crippen LogP contribution in [0.1, 0.15) is 85.0 Å². The van der Waals surface area contributed by atoms with Crippen molar-refractivity contribution in [2.45, 2.75) is 91.0 Å². The summed E-state index contributed by atoms with van der Waals surface area (Å²) in [5.74, 6) is -0.132. The summed E-state index contributed by atoms with van der Waals surface area (Å²) in [6, 6.07) is 0.204. The van der Waals surface area contributed by atoms with Crippen LogP contribution in [0.5, 0.6) is 0 Å². The van der Waals surface area contributed by atoms with E-state index in [1.54, 1.807) is 6.92 Å². The summed E-state index contributed by atoms with van der Waals surface area (Å²) in [6.07, 6.45) is 12.2. The van der Waals surface area contributed by atoms with Crippen molar-refractivity contribution < 1.29 is 42.5 Å². The second-order valence-corrected chi connectivity index (χ2v) is 6.87. The number of hydrogen-bond donors (Lipinski definition) is 1. The molecule has 0 aromatic heterocycles. The molecule has 0 fully saturated rings. The van der Waals surface area contributed by atoms with Gasteiger partial charge in [0.15, 0.2) is 0 Å². The minimum Gasteiger partial charge on any atom is -0.675 e. The van der Waals surface area contributed by atoms with E-state index in [9.17, 15) is 8.42 Å². The molecule has 0 amide bonds. The van der Waals surface area contributed by atoms with Crippen LogP contribution in [-0.4, -0.2) is 24.8 Å². The van der Waals surface area contributed by atoms with E-state index in [0.29, 0.717) is 6.42 Å². The zero-order chi connectivity index (χ0) is 15.9. The van der Waals surface area contributed by atoms with Gasteiger partial charge in [0.2, 0.25) is 0 Å². The molecule has 1 unspecified atom stereocenters. The fraction of sp³-hybridized carbons (Fsp3) is 1.00. The van der Waals surface area contributed by atoms with Crippen molar-refractivity contribution >= 4 is 10.1 Å². The molecule has 0 rings (SSSR count). The summed E-state index contributed by atoms with van der Waals surface area (Å²) in [7, 11) is -3.67. The Morgan fingerprint density at radius 1 is 0.905 bits per heavy atom. The fourth-order valence-electron chi connectivity index (χ4n) is 1.81. The molecule has 0 heterocycles. The van der Waals surface area contributed by atoms with Crippen LogP contribution >= 0.6 is 0 Å². The fourth-order valence-corrected chi connectivity index (χ4v) is 2.33. The van der Waals surface area contributed by atoms with Crippen molar-refractivity contribution in [2.24, 2.45) is 0 Å². The maximum atomic E-state index is 9.79. The molecule has 6 heteroatoms. The molecule has 1 atom stereocenters. The molecule has 0 aromatic carbocycles. The van der Waals surface area contributed by atoms with Crippen LogP contribution in [0, 0.1) is 0 Å². The Hall–Kier alpha value is 0.870. The predicted molar refractivity (Wildman–Crippen MR) is 87.7 cm³/mol. The van der Waals surface area contributed by atoms with Crippen LogP contribution in [-0.2, 0) is 10.1 Å². The molecule has 124 valence electrons. The first kappa shape index (κ1) is 26.8. The van der Waals surface area contributed by atoms with Gasteiger partial charge in [0, 0.05) is 0 Å². The first-order valence-electron chi connectivity index (χ1n) is 8.03. The molecule has 0 saturated carbocycles. The van der Waals surface area contributed by atoms with Gasteiger partial charge in [-0.15, -0.1) is 6.04 Å². The molecule has 0 radical (unpaired) electrons. The van der Waals surface area contributed by atoms with Gasteiger partial charge in [-0.3, -0.25) is 4.55 Å². The normalized spacial score (nSPS) is 12.0. The Kier molecular flexibility index (Phi) is 24.1. The molecule has 0 aliphatic carbocycles. The maximum absolute atomic E-state index is 9.79. The average molecular weight is 331 g/mol. The van der Waals surface area contributed by atoms with Gasteiger partial charge in [-0.05, 0) is 6.42 Å². The number of nitrogens with one attached hydrogen (secondary N) is 1. The van der Waals surface area contributed by atoms with Crippen molar-refractivity contribution in [3.8, 4) is 0 Å². The molecule has 0 saturated heterocycles. The van der Waals surface area contributed by atoms with Crippen molar-refractivity contribution in [1.82, 2.24) is 0 Å². The quantitative estimate of drug-likeness (QED) is 0.358. The van der Waals surface area contributed by atoms with E-state index < -0.39 is 10.1 Å². The summed E-state index contributed by atoms with van der Waals surface area (Å²) in [4.78, 5) is 0. The SMILES string of the molecule is CCCCCCCCCC([NH-])CC.CCCS(=O)(=O)O.[Na+]. The van der Waals surface area contributed by atoms with E-state index >= 15 is 0 Å². The van der Waals surface area contributed by atoms with Gasteiger partial charge in [-0.1, -0.05) is 78.6 Å². The van der Waals surface area contributed by atoms with Gasteiger partial charge >= 0.3 is 29.6 Å². The Labute approximate surface area is 154 Å². The molecule has 0 aliphatic rings. The van der Waals surface area contributed by atoms with Gasteiger partial charge < -0.3 is 5.73 Å². The first-order chi connectivity index (χ1) is 9.37. The summed E-state index contributed by atoms with van der Waals surface area (Å²) < 4.78 is 27.6. The second-order valence-electron chi connectivity index (χ2n) is 5.30. The Morgan fingerprint density at radius 2 is 1.38 bits per heavy atom.